The van der Waals surface area contributed by atoms with Crippen LogP contribution in [0.15, 0.2) is 66.7 Å². The Hall–Kier alpha value is -4.91. The third-order valence-electron chi connectivity index (χ3n) is 6.61. The quantitative estimate of drug-likeness (QED) is 0.149. The number of hydrogen-bond acceptors (Lipinski definition) is 6. The number of carbonyl (C=O) groups is 1. The molecule has 5 rings (SSSR count). The summed E-state index contributed by atoms with van der Waals surface area (Å²) in [7, 11) is 1.54. The van der Waals surface area contributed by atoms with E-state index in [1.807, 2.05) is 0 Å². The molecule has 43 heavy (non-hydrogen) atoms. The Bertz CT molecular complexity index is 1810. The smallest absolute Gasteiger partial charge is 0.433 e. The minimum atomic E-state index is -4.77. The number of ether oxygens (including phenoxy) is 2. The zero-order chi connectivity index (χ0) is 30.7. The monoisotopic (exact) mass is 598 g/mol. The molecule has 0 bridgehead atoms. The van der Waals surface area contributed by atoms with E-state index in [4.69, 9.17) is 9.47 Å². The first-order valence-electron chi connectivity index (χ1n) is 12.9. The number of hydrogen-bond donors (Lipinski definition) is 1. The van der Waals surface area contributed by atoms with E-state index in [0.717, 1.165) is 6.07 Å². The minimum Gasteiger partial charge on any atom is -0.478 e. The van der Waals surface area contributed by atoms with Crippen LogP contribution in [0.1, 0.15) is 33.0 Å². The lowest BCUT2D eigenvalue weighted by atomic mass is 10.1. The highest BCUT2D eigenvalue weighted by atomic mass is 19.4. The number of methoxy groups -OCH3 is 1. The minimum absolute atomic E-state index is 0.0499. The molecule has 0 fully saturated rings. The predicted octanol–water partition coefficient (Wildman–Crippen LogP) is 6.30. The number of halogens is 5. The number of imidazole rings is 1. The number of benzene rings is 2. The molecule has 222 valence electrons. The maximum absolute atomic E-state index is 15.3. The van der Waals surface area contributed by atoms with Crippen LogP contribution in [-0.4, -0.2) is 44.3 Å². The fourth-order valence-electron chi connectivity index (χ4n) is 4.43. The highest BCUT2D eigenvalue weighted by Gasteiger charge is 2.33. The summed E-state index contributed by atoms with van der Waals surface area (Å²) in [4.78, 5) is 23.3. The number of alkyl halides is 3. The van der Waals surface area contributed by atoms with Crippen LogP contribution in [-0.2, 0) is 30.5 Å². The number of aromatic nitrogens is 4. The second-order valence-electron chi connectivity index (χ2n) is 9.46. The number of fused-ring (bicyclic) bond motifs is 1. The van der Waals surface area contributed by atoms with Gasteiger partial charge in [0.15, 0.2) is 0 Å². The summed E-state index contributed by atoms with van der Waals surface area (Å²) in [6.45, 7) is 0.302. The summed E-state index contributed by atoms with van der Waals surface area (Å²) in [5.41, 5.74) is 0.848. The first-order chi connectivity index (χ1) is 20.5. The highest BCUT2D eigenvalue weighted by Crippen LogP contribution is 2.29. The van der Waals surface area contributed by atoms with Gasteiger partial charge in [0.05, 0.1) is 28.9 Å². The van der Waals surface area contributed by atoms with Gasteiger partial charge in [0.2, 0.25) is 11.8 Å². The zero-order valence-electron chi connectivity index (χ0n) is 22.5. The molecule has 0 saturated heterocycles. The summed E-state index contributed by atoms with van der Waals surface area (Å²) in [6, 6.07) is 15.4. The highest BCUT2D eigenvalue weighted by molar-refractivity contribution is 5.92. The third-order valence-corrected chi connectivity index (χ3v) is 6.61. The maximum Gasteiger partial charge on any atom is 0.433 e. The van der Waals surface area contributed by atoms with Gasteiger partial charge < -0.3 is 19.1 Å². The first kappa shape index (κ1) is 29.6. The average Bonchev–Trinajstić information content (AvgIpc) is 3.32. The molecule has 0 amide bonds. The van der Waals surface area contributed by atoms with Crippen LogP contribution in [0.25, 0.3) is 22.3 Å². The second-order valence-corrected chi connectivity index (χ2v) is 9.46. The lowest BCUT2D eigenvalue weighted by Crippen LogP contribution is -2.11. The molecular weight excluding hydrogens is 575 g/mol. The lowest BCUT2D eigenvalue weighted by molar-refractivity contribution is -0.141. The van der Waals surface area contributed by atoms with E-state index in [2.05, 4.69) is 15.0 Å². The van der Waals surface area contributed by atoms with Crippen molar-refractivity contribution in [1.29, 1.82) is 0 Å². The van der Waals surface area contributed by atoms with Crippen molar-refractivity contribution in [3.63, 3.8) is 0 Å². The number of rotatable bonds is 10. The summed E-state index contributed by atoms with van der Waals surface area (Å²) in [5.74, 6) is -2.33. The normalized spacial score (nSPS) is 11.7. The summed E-state index contributed by atoms with van der Waals surface area (Å²) >= 11 is 0. The van der Waals surface area contributed by atoms with Gasteiger partial charge in [-0.1, -0.05) is 18.2 Å². The lowest BCUT2D eigenvalue weighted by Gasteiger charge is -2.11. The Balaban J connectivity index is 1.35. The van der Waals surface area contributed by atoms with Crippen molar-refractivity contribution in [2.24, 2.45) is 0 Å². The van der Waals surface area contributed by atoms with Crippen LogP contribution in [0.2, 0.25) is 0 Å². The second kappa shape index (κ2) is 12.1. The molecule has 1 N–H and O–H groups in total. The number of aromatic carboxylic acids is 1. The number of nitrogens with zero attached hydrogens (tertiary/aromatic N) is 4. The molecule has 3 aromatic heterocycles. The summed E-state index contributed by atoms with van der Waals surface area (Å²) in [6.07, 6.45) is -4.65. The van der Waals surface area contributed by atoms with E-state index in [0.29, 0.717) is 52.9 Å². The Labute approximate surface area is 241 Å². The molecule has 0 unspecified atom stereocenters. The molecular formula is C30H23F5N4O4. The van der Waals surface area contributed by atoms with Gasteiger partial charge in [-0.2, -0.15) is 17.6 Å². The SMILES string of the molecule is COCCn1c(Cc2ccc(-c3cccc(OCc4ccc(C(F)(F)F)nc4F)n3)cc2F)nc2ccc(C(=O)O)cc21. The number of carboxylic acid groups (broad SMARTS) is 1. The van der Waals surface area contributed by atoms with Crippen LogP contribution in [0.5, 0.6) is 5.88 Å². The molecule has 0 radical (unpaired) electrons. The molecule has 0 spiro atoms. The number of pyridine rings is 2. The Morgan fingerprint density at radius 1 is 0.953 bits per heavy atom. The van der Waals surface area contributed by atoms with E-state index in [-0.39, 0.29) is 23.4 Å². The topological polar surface area (TPSA) is 99.4 Å². The van der Waals surface area contributed by atoms with Crippen LogP contribution >= 0.6 is 0 Å². The largest absolute Gasteiger partial charge is 0.478 e. The first-order valence-corrected chi connectivity index (χ1v) is 12.9. The molecule has 0 atom stereocenters. The number of carboxylic acids is 1. The van der Waals surface area contributed by atoms with Crippen LogP contribution in [0, 0.1) is 11.8 Å². The van der Waals surface area contributed by atoms with E-state index in [1.54, 1.807) is 34.9 Å². The molecule has 2 aromatic carbocycles. The maximum atomic E-state index is 15.3. The van der Waals surface area contributed by atoms with Gasteiger partial charge in [-0.05, 0) is 48.0 Å². The molecule has 5 aromatic rings. The third kappa shape index (κ3) is 6.61. The van der Waals surface area contributed by atoms with Crippen molar-refractivity contribution in [1.82, 2.24) is 19.5 Å². The Kier molecular flexibility index (Phi) is 8.35. The molecule has 0 aliphatic carbocycles. The van der Waals surface area contributed by atoms with Crippen LogP contribution < -0.4 is 4.74 Å². The van der Waals surface area contributed by atoms with Crippen LogP contribution in [0.4, 0.5) is 22.0 Å². The van der Waals surface area contributed by atoms with Gasteiger partial charge >= 0.3 is 12.1 Å². The average molecular weight is 599 g/mol. The van der Waals surface area contributed by atoms with Crippen molar-refractivity contribution >= 4 is 17.0 Å². The van der Waals surface area contributed by atoms with Gasteiger partial charge in [0.25, 0.3) is 0 Å². The predicted molar refractivity (Wildman–Crippen MR) is 145 cm³/mol. The van der Waals surface area contributed by atoms with E-state index in [1.165, 1.54) is 31.4 Å². The molecule has 0 aliphatic heterocycles. The molecule has 8 nitrogen and oxygen atoms in total. The fraction of sp³-hybridized carbons (Fsp3) is 0.200. The van der Waals surface area contributed by atoms with Crippen molar-refractivity contribution < 1.29 is 41.3 Å². The van der Waals surface area contributed by atoms with E-state index in [9.17, 15) is 27.5 Å². The zero-order valence-corrected chi connectivity index (χ0v) is 22.5. The Morgan fingerprint density at radius 2 is 1.74 bits per heavy atom. The van der Waals surface area contributed by atoms with Crippen molar-refractivity contribution in [3.05, 3.63) is 107 Å². The summed E-state index contributed by atoms with van der Waals surface area (Å²) < 4.78 is 80.1. The van der Waals surface area contributed by atoms with Gasteiger partial charge in [0.1, 0.15) is 23.9 Å². The van der Waals surface area contributed by atoms with Crippen LogP contribution in [0.3, 0.4) is 0 Å². The van der Waals surface area contributed by atoms with Crippen molar-refractivity contribution in [2.45, 2.75) is 25.7 Å². The standard InChI is InChI=1S/C30H23F5N4O4/c1-42-12-11-39-24-14-19(29(40)41)7-9-23(24)36-26(39)15-17-5-6-18(13-21(17)31)22-3-2-4-27(37-22)43-16-20-8-10-25(30(33,34)35)38-28(20)32/h2-10,13-14H,11-12,15-16H2,1H3,(H,40,41). The van der Waals surface area contributed by atoms with E-state index >= 15 is 4.39 Å². The van der Waals surface area contributed by atoms with Gasteiger partial charge in [-0.3, -0.25) is 0 Å². The Morgan fingerprint density at radius 3 is 2.44 bits per heavy atom. The van der Waals surface area contributed by atoms with Gasteiger partial charge in [-0.15, -0.1) is 0 Å². The fourth-order valence-corrected chi connectivity index (χ4v) is 4.43. The molecule has 0 aliphatic rings. The van der Waals surface area contributed by atoms with Gasteiger partial charge in [-0.25, -0.2) is 24.1 Å². The van der Waals surface area contributed by atoms with E-state index < -0.39 is 36.2 Å². The van der Waals surface area contributed by atoms with Crippen molar-refractivity contribution in [2.75, 3.05) is 13.7 Å². The molecule has 13 heteroatoms. The van der Waals surface area contributed by atoms with Crippen molar-refractivity contribution in [3.8, 4) is 17.1 Å². The molecule has 0 saturated carbocycles. The molecule has 3 heterocycles. The van der Waals surface area contributed by atoms with Gasteiger partial charge in [0, 0.05) is 37.3 Å². The summed E-state index contributed by atoms with van der Waals surface area (Å²) in [5, 5.41) is 9.38.